The van der Waals surface area contributed by atoms with Crippen LogP contribution in [0.3, 0.4) is 0 Å². The number of nitrogens with two attached hydrogens (primary N) is 1. The lowest BCUT2D eigenvalue weighted by molar-refractivity contribution is 0.175. The minimum absolute atomic E-state index is 0.217. The molecule has 5 heteroatoms. The monoisotopic (exact) mass is 256 g/mol. The molecule has 0 amide bonds. The Kier molecular flexibility index (Phi) is 4.27. The molecular weight excluding hydrogens is 238 g/mol. The van der Waals surface area contributed by atoms with Crippen LogP contribution < -0.4 is 5.73 Å². The average Bonchev–Trinajstić information content (AvgIpc) is 2.76. The van der Waals surface area contributed by atoms with E-state index in [1.165, 1.54) is 12.1 Å². The zero-order valence-corrected chi connectivity index (χ0v) is 10.1. The predicted octanol–water partition coefficient (Wildman–Crippen LogP) is 1.42. The van der Waals surface area contributed by atoms with E-state index in [1.807, 2.05) is 0 Å². The molecule has 2 unspecified atom stereocenters. The second-order valence-electron chi connectivity index (χ2n) is 4.78. The Morgan fingerprint density at radius 1 is 1.44 bits per heavy atom. The van der Waals surface area contributed by atoms with Crippen LogP contribution in [-0.4, -0.2) is 35.7 Å². The molecular formula is C13H18F2N2O. The number of benzene rings is 1. The van der Waals surface area contributed by atoms with E-state index in [0.29, 0.717) is 19.5 Å². The maximum atomic E-state index is 13.5. The van der Waals surface area contributed by atoms with Gasteiger partial charge in [0.1, 0.15) is 0 Å². The van der Waals surface area contributed by atoms with Gasteiger partial charge in [-0.15, -0.1) is 0 Å². The molecule has 0 saturated carbocycles. The van der Waals surface area contributed by atoms with Gasteiger partial charge in [-0.05, 0) is 18.9 Å². The van der Waals surface area contributed by atoms with E-state index in [9.17, 15) is 13.9 Å². The molecule has 1 aromatic carbocycles. The van der Waals surface area contributed by atoms with E-state index in [4.69, 9.17) is 5.73 Å². The van der Waals surface area contributed by atoms with Crippen molar-refractivity contribution in [2.45, 2.75) is 25.0 Å². The minimum Gasteiger partial charge on any atom is -0.392 e. The molecule has 0 spiro atoms. The van der Waals surface area contributed by atoms with Crippen molar-refractivity contribution in [2.75, 3.05) is 19.6 Å². The number of likely N-dealkylation sites (tertiary alicyclic amines) is 1. The summed E-state index contributed by atoms with van der Waals surface area (Å²) in [6.45, 7) is 2.16. The Morgan fingerprint density at radius 2 is 2.22 bits per heavy atom. The first kappa shape index (κ1) is 13.4. The highest BCUT2D eigenvalue weighted by Crippen LogP contribution is 2.21. The highest BCUT2D eigenvalue weighted by Gasteiger charge is 2.21. The van der Waals surface area contributed by atoms with Crippen molar-refractivity contribution in [3.63, 3.8) is 0 Å². The fourth-order valence-corrected chi connectivity index (χ4v) is 2.30. The van der Waals surface area contributed by atoms with Gasteiger partial charge in [-0.2, -0.15) is 0 Å². The van der Waals surface area contributed by atoms with Crippen molar-refractivity contribution in [3.8, 4) is 0 Å². The Bertz CT molecular complexity index is 414. The van der Waals surface area contributed by atoms with Crippen molar-refractivity contribution in [1.29, 1.82) is 0 Å². The molecule has 2 rings (SSSR count). The summed E-state index contributed by atoms with van der Waals surface area (Å²) in [5.74, 6) is -1.72. The topological polar surface area (TPSA) is 49.5 Å². The SMILES string of the molecule is NC(CCN1CCC(O)C1)c1cccc(F)c1F. The molecule has 100 valence electrons. The van der Waals surface area contributed by atoms with Gasteiger partial charge < -0.3 is 15.7 Å². The van der Waals surface area contributed by atoms with E-state index >= 15 is 0 Å². The zero-order valence-electron chi connectivity index (χ0n) is 10.1. The van der Waals surface area contributed by atoms with Crippen LogP contribution in [-0.2, 0) is 0 Å². The number of aliphatic hydroxyl groups excluding tert-OH is 1. The van der Waals surface area contributed by atoms with Gasteiger partial charge in [0, 0.05) is 31.2 Å². The van der Waals surface area contributed by atoms with Crippen LogP contribution in [0.5, 0.6) is 0 Å². The molecule has 1 aliphatic heterocycles. The van der Waals surface area contributed by atoms with Gasteiger partial charge in [0.15, 0.2) is 11.6 Å². The van der Waals surface area contributed by atoms with Gasteiger partial charge in [0.05, 0.1) is 6.10 Å². The molecule has 1 saturated heterocycles. The minimum atomic E-state index is -0.862. The maximum Gasteiger partial charge on any atom is 0.163 e. The summed E-state index contributed by atoms with van der Waals surface area (Å²) in [5, 5.41) is 9.38. The lowest BCUT2D eigenvalue weighted by Gasteiger charge is -2.19. The van der Waals surface area contributed by atoms with Crippen molar-refractivity contribution >= 4 is 0 Å². The van der Waals surface area contributed by atoms with Gasteiger partial charge in [-0.1, -0.05) is 12.1 Å². The zero-order chi connectivity index (χ0) is 13.1. The highest BCUT2D eigenvalue weighted by molar-refractivity contribution is 5.22. The number of rotatable bonds is 4. The summed E-state index contributed by atoms with van der Waals surface area (Å²) in [7, 11) is 0. The first-order valence-corrected chi connectivity index (χ1v) is 6.18. The quantitative estimate of drug-likeness (QED) is 0.856. The average molecular weight is 256 g/mol. The first-order chi connectivity index (χ1) is 8.58. The molecule has 1 heterocycles. The molecule has 0 aromatic heterocycles. The Balaban J connectivity index is 1.91. The number of hydrogen-bond acceptors (Lipinski definition) is 3. The number of halogens is 2. The molecule has 2 atom stereocenters. The van der Waals surface area contributed by atoms with Gasteiger partial charge in [0.25, 0.3) is 0 Å². The van der Waals surface area contributed by atoms with E-state index < -0.39 is 17.7 Å². The second kappa shape index (κ2) is 5.73. The molecule has 1 fully saturated rings. The van der Waals surface area contributed by atoms with Crippen molar-refractivity contribution in [2.24, 2.45) is 5.73 Å². The fraction of sp³-hybridized carbons (Fsp3) is 0.538. The second-order valence-corrected chi connectivity index (χ2v) is 4.78. The van der Waals surface area contributed by atoms with Gasteiger partial charge in [-0.3, -0.25) is 0 Å². The van der Waals surface area contributed by atoms with Gasteiger partial charge in [0.2, 0.25) is 0 Å². The molecule has 0 radical (unpaired) electrons. The number of β-amino-alcohol motifs (C(OH)–C–C–N with tert-alkyl or cyclic N) is 1. The Hall–Kier alpha value is -1.04. The van der Waals surface area contributed by atoms with Crippen LogP contribution in [0, 0.1) is 11.6 Å². The molecule has 0 aliphatic carbocycles. The Labute approximate surface area is 105 Å². The largest absolute Gasteiger partial charge is 0.392 e. The van der Waals surface area contributed by atoms with Crippen LogP contribution >= 0.6 is 0 Å². The summed E-state index contributed by atoms with van der Waals surface area (Å²) in [6, 6.07) is 3.55. The fourth-order valence-electron chi connectivity index (χ4n) is 2.30. The maximum absolute atomic E-state index is 13.5. The summed E-state index contributed by atoms with van der Waals surface area (Å²) in [6.07, 6.45) is 1.04. The van der Waals surface area contributed by atoms with Crippen LogP contribution in [0.15, 0.2) is 18.2 Å². The summed E-state index contributed by atoms with van der Waals surface area (Å²) < 4.78 is 26.6. The van der Waals surface area contributed by atoms with Crippen molar-refractivity contribution in [1.82, 2.24) is 4.90 Å². The van der Waals surface area contributed by atoms with E-state index in [-0.39, 0.29) is 11.7 Å². The van der Waals surface area contributed by atoms with Crippen molar-refractivity contribution < 1.29 is 13.9 Å². The third-order valence-electron chi connectivity index (χ3n) is 3.38. The van der Waals surface area contributed by atoms with Crippen LogP contribution in [0.4, 0.5) is 8.78 Å². The van der Waals surface area contributed by atoms with Crippen molar-refractivity contribution in [3.05, 3.63) is 35.4 Å². The lowest BCUT2D eigenvalue weighted by atomic mass is 10.0. The van der Waals surface area contributed by atoms with Gasteiger partial charge in [-0.25, -0.2) is 8.78 Å². The van der Waals surface area contributed by atoms with Crippen LogP contribution in [0.25, 0.3) is 0 Å². The highest BCUT2D eigenvalue weighted by atomic mass is 19.2. The van der Waals surface area contributed by atoms with E-state index in [0.717, 1.165) is 19.0 Å². The van der Waals surface area contributed by atoms with E-state index in [1.54, 1.807) is 0 Å². The normalized spacial score (nSPS) is 22.3. The lowest BCUT2D eigenvalue weighted by Crippen LogP contribution is -2.26. The van der Waals surface area contributed by atoms with E-state index in [2.05, 4.69) is 4.90 Å². The predicted molar refractivity (Wildman–Crippen MR) is 65.0 cm³/mol. The third kappa shape index (κ3) is 3.04. The molecule has 0 bridgehead atoms. The number of hydrogen-bond donors (Lipinski definition) is 2. The van der Waals surface area contributed by atoms with Crippen LogP contribution in [0.2, 0.25) is 0 Å². The van der Waals surface area contributed by atoms with Gasteiger partial charge >= 0.3 is 0 Å². The molecule has 1 aliphatic rings. The molecule has 18 heavy (non-hydrogen) atoms. The third-order valence-corrected chi connectivity index (χ3v) is 3.38. The first-order valence-electron chi connectivity index (χ1n) is 6.18. The summed E-state index contributed by atoms with van der Waals surface area (Å²) in [5.41, 5.74) is 6.10. The molecule has 3 nitrogen and oxygen atoms in total. The molecule has 1 aromatic rings. The standard InChI is InChI=1S/C13H18F2N2O/c14-11-3-1-2-10(13(11)15)12(16)5-7-17-6-4-9(18)8-17/h1-3,9,12,18H,4-8,16H2. The number of nitrogens with zero attached hydrogens (tertiary/aromatic N) is 1. The van der Waals surface area contributed by atoms with Crippen LogP contribution in [0.1, 0.15) is 24.4 Å². The molecule has 3 N–H and O–H groups in total. The number of aliphatic hydroxyl groups is 1. The summed E-state index contributed by atoms with van der Waals surface area (Å²) in [4.78, 5) is 2.09. The summed E-state index contributed by atoms with van der Waals surface area (Å²) >= 11 is 0. The smallest absolute Gasteiger partial charge is 0.163 e. The Morgan fingerprint density at radius 3 is 2.89 bits per heavy atom.